The minimum absolute atomic E-state index is 0.0743. The Morgan fingerprint density at radius 2 is 1.83 bits per heavy atom. The first kappa shape index (κ1) is 13.1. The standard InChI is InChI=1S/C15H21NO2/c1-2-18-13-8-6-12(7-9-13)14(17)15(16)10-4-3-5-11-15/h6-9H,2-5,10-11,16H2,1H3. The van der Waals surface area contributed by atoms with Crippen molar-refractivity contribution in [3.05, 3.63) is 29.8 Å². The summed E-state index contributed by atoms with van der Waals surface area (Å²) in [5.74, 6) is 0.869. The van der Waals surface area contributed by atoms with Crippen LogP contribution in [0.3, 0.4) is 0 Å². The fourth-order valence-corrected chi connectivity index (χ4v) is 2.57. The number of hydrogen-bond acceptors (Lipinski definition) is 3. The molecule has 0 aromatic heterocycles. The molecule has 0 spiro atoms. The van der Waals surface area contributed by atoms with Gasteiger partial charge in [-0.1, -0.05) is 19.3 Å². The first-order valence-corrected chi connectivity index (χ1v) is 6.72. The molecule has 1 aromatic rings. The SMILES string of the molecule is CCOc1ccc(C(=O)C2(N)CCCCC2)cc1. The molecule has 3 nitrogen and oxygen atoms in total. The van der Waals surface area contributed by atoms with Crippen molar-refractivity contribution in [2.75, 3.05) is 6.61 Å². The molecule has 0 amide bonds. The summed E-state index contributed by atoms with van der Waals surface area (Å²) < 4.78 is 5.37. The topological polar surface area (TPSA) is 52.3 Å². The van der Waals surface area contributed by atoms with Gasteiger partial charge in [0.25, 0.3) is 0 Å². The second kappa shape index (κ2) is 5.53. The normalized spacial score (nSPS) is 18.3. The van der Waals surface area contributed by atoms with Crippen LogP contribution in [0.2, 0.25) is 0 Å². The molecule has 1 saturated carbocycles. The van der Waals surface area contributed by atoms with Crippen LogP contribution in [0.15, 0.2) is 24.3 Å². The molecular formula is C15H21NO2. The zero-order chi connectivity index (χ0) is 13.0. The van der Waals surface area contributed by atoms with E-state index in [4.69, 9.17) is 10.5 Å². The molecule has 0 saturated heterocycles. The van der Waals surface area contributed by atoms with Gasteiger partial charge in [-0.2, -0.15) is 0 Å². The first-order valence-electron chi connectivity index (χ1n) is 6.72. The van der Waals surface area contributed by atoms with E-state index in [-0.39, 0.29) is 5.78 Å². The molecule has 1 fully saturated rings. The number of ether oxygens (including phenoxy) is 1. The van der Waals surface area contributed by atoms with Gasteiger partial charge in [-0.15, -0.1) is 0 Å². The summed E-state index contributed by atoms with van der Waals surface area (Å²) in [5, 5.41) is 0. The van der Waals surface area contributed by atoms with E-state index < -0.39 is 5.54 Å². The van der Waals surface area contributed by atoms with E-state index in [1.54, 1.807) is 0 Å². The van der Waals surface area contributed by atoms with Crippen LogP contribution >= 0.6 is 0 Å². The average molecular weight is 247 g/mol. The minimum Gasteiger partial charge on any atom is -0.494 e. The van der Waals surface area contributed by atoms with Crippen LogP contribution in [0.5, 0.6) is 5.75 Å². The van der Waals surface area contributed by atoms with Gasteiger partial charge in [0.15, 0.2) is 5.78 Å². The highest BCUT2D eigenvalue weighted by Crippen LogP contribution is 2.29. The van der Waals surface area contributed by atoms with E-state index in [1.165, 1.54) is 6.42 Å². The molecule has 0 heterocycles. The lowest BCUT2D eigenvalue weighted by atomic mass is 9.77. The van der Waals surface area contributed by atoms with Crippen LogP contribution in [0.1, 0.15) is 49.4 Å². The predicted molar refractivity (Wildman–Crippen MR) is 71.9 cm³/mol. The maximum atomic E-state index is 12.4. The van der Waals surface area contributed by atoms with Gasteiger partial charge < -0.3 is 10.5 Å². The van der Waals surface area contributed by atoms with Crippen molar-refractivity contribution in [3.63, 3.8) is 0 Å². The smallest absolute Gasteiger partial charge is 0.182 e. The molecular weight excluding hydrogens is 226 g/mol. The fraction of sp³-hybridized carbons (Fsp3) is 0.533. The number of carbonyl (C=O) groups excluding carboxylic acids is 1. The Morgan fingerprint density at radius 1 is 1.22 bits per heavy atom. The first-order chi connectivity index (χ1) is 8.65. The third kappa shape index (κ3) is 2.72. The summed E-state index contributed by atoms with van der Waals surface area (Å²) in [4.78, 5) is 12.4. The van der Waals surface area contributed by atoms with E-state index >= 15 is 0 Å². The third-order valence-electron chi connectivity index (χ3n) is 3.63. The second-order valence-electron chi connectivity index (χ2n) is 5.00. The lowest BCUT2D eigenvalue weighted by Crippen LogP contribution is -2.49. The molecule has 1 aliphatic carbocycles. The van der Waals surface area contributed by atoms with Crippen LogP contribution in [-0.2, 0) is 0 Å². The van der Waals surface area contributed by atoms with Crippen LogP contribution in [0.4, 0.5) is 0 Å². The number of hydrogen-bond donors (Lipinski definition) is 1. The summed E-state index contributed by atoms with van der Waals surface area (Å²) in [6.07, 6.45) is 4.91. The van der Waals surface area contributed by atoms with Gasteiger partial charge in [0, 0.05) is 5.56 Å². The summed E-state index contributed by atoms with van der Waals surface area (Å²) in [6.45, 7) is 2.57. The molecule has 1 aromatic carbocycles. The largest absolute Gasteiger partial charge is 0.494 e. The van der Waals surface area contributed by atoms with Crippen molar-refractivity contribution in [2.24, 2.45) is 5.73 Å². The lowest BCUT2D eigenvalue weighted by molar-refractivity contribution is 0.0848. The molecule has 0 bridgehead atoms. The van der Waals surface area contributed by atoms with Crippen LogP contribution in [0, 0.1) is 0 Å². The summed E-state index contributed by atoms with van der Waals surface area (Å²) in [5.41, 5.74) is 6.30. The highest BCUT2D eigenvalue weighted by molar-refractivity contribution is 6.03. The Bertz CT molecular complexity index is 405. The molecule has 1 aliphatic rings. The van der Waals surface area contributed by atoms with Gasteiger partial charge in [0.05, 0.1) is 12.1 Å². The maximum Gasteiger partial charge on any atom is 0.182 e. The second-order valence-corrected chi connectivity index (χ2v) is 5.00. The van der Waals surface area contributed by atoms with Gasteiger partial charge in [-0.25, -0.2) is 0 Å². The molecule has 0 unspecified atom stereocenters. The van der Waals surface area contributed by atoms with E-state index in [2.05, 4.69) is 0 Å². The molecule has 98 valence electrons. The van der Waals surface area contributed by atoms with Crippen molar-refractivity contribution < 1.29 is 9.53 Å². The number of rotatable bonds is 4. The molecule has 18 heavy (non-hydrogen) atoms. The van der Waals surface area contributed by atoms with Crippen LogP contribution in [-0.4, -0.2) is 17.9 Å². The zero-order valence-corrected chi connectivity index (χ0v) is 10.9. The van der Waals surface area contributed by atoms with Crippen molar-refractivity contribution in [1.82, 2.24) is 0 Å². The average Bonchev–Trinajstić information content (AvgIpc) is 2.40. The Morgan fingerprint density at radius 3 is 2.39 bits per heavy atom. The zero-order valence-electron chi connectivity index (χ0n) is 10.9. The van der Waals surface area contributed by atoms with Gasteiger partial charge in [0.1, 0.15) is 5.75 Å². The number of Topliss-reactive ketones (excluding diaryl/α,β-unsaturated/α-hetero) is 1. The Kier molecular flexibility index (Phi) is 4.02. The van der Waals surface area contributed by atoms with Crippen molar-refractivity contribution in [1.29, 1.82) is 0 Å². The van der Waals surface area contributed by atoms with Crippen LogP contribution < -0.4 is 10.5 Å². The predicted octanol–water partition coefficient (Wildman–Crippen LogP) is 2.93. The highest BCUT2D eigenvalue weighted by atomic mass is 16.5. The minimum atomic E-state index is -0.647. The number of ketones is 1. The van der Waals surface area contributed by atoms with E-state index in [1.807, 2.05) is 31.2 Å². The van der Waals surface area contributed by atoms with E-state index in [0.717, 1.165) is 31.4 Å². The molecule has 2 rings (SSSR count). The monoisotopic (exact) mass is 247 g/mol. The number of benzene rings is 1. The highest BCUT2D eigenvalue weighted by Gasteiger charge is 2.35. The van der Waals surface area contributed by atoms with Gasteiger partial charge in [0.2, 0.25) is 0 Å². The lowest BCUT2D eigenvalue weighted by Gasteiger charge is -2.31. The van der Waals surface area contributed by atoms with Gasteiger partial charge in [-0.05, 0) is 44.0 Å². The van der Waals surface area contributed by atoms with Crippen molar-refractivity contribution >= 4 is 5.78 Å². The molecule has 2 N–H and O–H groups in total. The maximum absolute atomic E-state index is 12.4. The Hall–Kier alpha value is -1.35. The Labute approximate surface area is 108 Å². The van der Waals surface area contributed by atoms with Gasteiger partial charge >= 0.3 is 0 Å². The molecule has 0 radical (unpaired) electrons. The van der Waals surface area contributed by atoms with Crippen LogP contribution in [0.25, 0.3) is 0 Å². The Balaban J connectivity index is 2.12. The number of nitrogens with two attached hydrogens (primary N) is 1. The van der Waals surface area contributed by atoms with Crippen molar-refractivity contribution in [2.45, 2.75) is 44.6 Å². The quantitative estimate of drug-likeness (QED) is 0.832. The van der Waals surface area contributed by atoms with E-state index in [0.29, 0.717) is 12.2 Å². The molecule has 3 heteroatoms. The van der Waals surface area contributed by atoms with Crippen molar-refractivity contribution in [3.8, 4) is 5.75 Å². The number of carbonyl (C=O) groups is 1. The summed E-state index contributed by atoms with van der Waals surface area (Å²) in [7, 11) is 0. The fourth-order valence-electron chi connectivity index (χ4n) is 2.57. The third-order valence-corrected chi connectivity index (χ3v) is 3.63. The van der Waals surface area contributed by atoms with E-state index in [9.17, 15) is 4.79 Å². The summed E-state index contributed by atoms with van der Waals surface area (Å²) >= 11 is 0. The van der Waals surface area contributed by atoms with Gasteiger partial charge in [-0.3, -0.25) is 4.79 Å². The summed E-state index contributed by atoms with van der Waals surface area (Å²) in [6, 6.07) is 7.30. The molecule has 0 aliphatic heterocycles. The molecule has 0 atom stereocenters.